The van der Waals surface area contributed by atoms with Gasteiger partial charge in [-0.1, -0.05) is 25.4 Å². The summed E-state index contributed by atoms with van der Waals surface area (Å²) in [5.41, 5.74) is 7.40. The van der Waals surface area contributed by atoms with Gasteiger partial charge in [0.05, 0.1) is 0 Å². The third-order valence-corrected chi connectivity index (χ3v) is 5.41. The molecule has 0 saturated heterocycles. The van der Waals surface area contributed by atoms with Gasteiger partial charge in [0.2, 0.25) is 0 Å². The summed E-state index contributed by atoms with van der Waals surface area (Å²) < 4.78 is 6.38. The van der Waals surface area contributed by atoms with E-state index in [1.807, 2.05) is 18.2 Å². The molecule has 0 unspecified atom stereocenters. The van der Waals surface area contributed by atoms with Crippen molar-refractivity contribution >= 4 is 11.6 Å². The Balaban J connectivity index is 1.80. The van der Waals surface area contributed by atoms with Crippen LogP contribution in [0.4, 0.5) is 0 Å². The van der Waals surface area contributed by atoms with E-state index in [0.29, 0.717) is 0 Å². The zero-order valence-corrected chi connectivity index (χ0v) is 13.1. The molecular weight excluding hydrogens is 270 g/mol. The van der Waals surface area contributed by atoms with E-state index >= 15 is 0 Å². The van der Waals surface area contributed by atoms with Gasteiger partial charge >= 0.3 is 0 Å². The number of halogens is 1. The van der Waals surface area contributed by atoms with Gasteiger partial charge in [-0.05, 0) is 55.7 Å². The molecule has 1 aliphatic carbocycles. The Morgan fingerprint density at radius 2 is 2.00 bits per heavy atom. The smallest absolute Gasteiger partial charge is 0.125 e. The molecule has 2 nitrogen and oxygen atoms in total. The first-order valence-corrected chi connectivity index (χ1v) is 8.11. The summed E-state index contributed by atoms with van der Waals surface area (Å²) in [6.45, 7) is 4.65. The van der Waals surface area contributed by atoms with Crippen molar-refractivity contribution in [3.8, 4) is 5.75 Å². The fourth-order valence-corrected chi connectivity index (χ4v) is 4.01. The molecule has 1 aliphatic heterocycles. The maximum atomic E-state index is 6.38. The fraction of sp³-hybridized carbons (Fsp3) is 0.647. The zero-order valence-electron chi connectivity index (χ0n) is 12.4. The molecule has 20 heavy (non-hydrogen) atoms. The van der Waals surface area contributed by atoms with Crippen LogP contribution < -0.4 is 10.5 Å². The van der Waals surface area contributed by atoms with E-state index in [9.17, 15) is 0 Å². The molecule has 1 aromatic carbocycles. The molecule has 0 bridgehead atoms. The predicted octanol–water partition coefficient (Wildman–Crippen LogP) is 4.71. The summed E-state index contributed by atoms with van der Waals surface area (Å²) in [4.78, 5) is 0. The minimum atomic E-state index is -0.0361. The Morgan fingerprint density at radius 1 is 1.30 bits per heavy atom. The molecule has 1 fully saturated rings. The highest BCUT2D eigenvalue weighted by Crippen LogP contribution is 2.47. The van der Waals surface area contributed by atoms with Gasteiger partial charge in [-0.15, -0.1) is 0 Å². The third-order valence-electron chi connectivity index (χ3n) is 5.17. The number of rotatable bonds is 1. The van der Waals surface area contributed by atoms with E-state index < -0.39 is 0 Å². The van der Waals surface area contributed by atoms with Crippen molar-refractivity contribution in [3.05, 3.63) is 28.8 Å². The van der Waals surface area contributed by atoms with E-state index in [0.717, 1.165) is 47.4 Å². The highest BCUT2D eigenvalue weighted by molar-refractivity contribution is 6.30. The first kappa shape index (κ1) is 14.2. The van der Waals surface area contributed by atoms with Gasteiger partial charge in [-0.25, -0.2) is 0 Å². The van der Waals surface area contributed by atoms with Crippen LogP contribution in [0.1, 0.15) is 57.6 Å². The second kappa shape index (κ2) is 5.23. The van der Waals surface area contributed by atoms with Gasteiger partial charge in [0, 0.05) is 23.0 Å². The summed E-state index contributed by atoms with van der Waals surface area (Å²) in [6, 6.07) is 5.88. The lowest BCUT2D eigenvalue weighted by Gasteiger charge is -2.46. The van der Waals surface area contributed by atoms with E-state index in [1.54, 1.807) is 0 Å². The molecule has 3 rings (SSSR count). The lowest BCUT2D eigenvalue weighted by molar-refractivity contribution is -0.0160. The van der Waals surface area contributed by atoms with Gasteiger partial charge < -0.3 is 10.5 Å². The van der Waals surface area contributed by atoms with Crippen molar-refractivity contribution in [1.82, 2.24) is 0 Å². The van der Waals surface area contributed by atoms with Gasteiger partial charge in [0.15, 0.2) is 0 Å². The van der Waals surface area contributed by atoms with E-state index in [2.05, 4.69) is 13.8 Å². The summed E-state index contributed by atoms with van der Waals surface area (Å²) in [7, 11) is 0. The van der Waals surface area contributed by atoms with Crippen molar-refractivity contribution in [2.75, 3.05) is 0 Å². The Morgan fingerprint density at radius 3 is 2.65 bits per heavy atom. The summed E-state index contributed by atoms with van der Waals surface area (Å²) >= 11 is 6.06. The lowest BCUT2D eigenvalue weighted by atomic mass is 9.71. The number of benzene rings is 1. The quantitative estimate of drug-likeness (QED) is 0.814. The van der Waals surface area contributed by atoms with Crippen LogP contribution in [0.5, 0.6) is 5.75 Å². The third kappa shape index (κ3) is 2.56. The minimum absolute atomic E-state index is 0.0361. The van der Waals surface area contributed by atoms with E-state index in [1.165, 1.54) is 12.8 Å². The first-order valence-electron chi connectivity index (χ1n) is 7.73. The van der Waals surface area contributed by atoms with E-state index in [-0.39, 0.29) is 11.6 Å². The molecule has 0 amide bonds. The van der Waals surface area contributed by atoms with Crippen molar-refractivity contribution in [1.29, 1.82) is 0 Å². The van der Waals surface area contributed by atoms with Crippen LogP contribution in [0.3, 0.4) is 0 Å². The van der Waals surface area contributed by atoms with Crippen LogP contribution >= 0.6 is 11.6 Å². The highest BCUT2D eigenvalue weighted by Gasteiger charge is 2.43. The molecule has 0 aromatic heterocycles. The Labute approximate surface area is 126 Å². The van der Waals surface area contributed by atoms with Gasteiger partial charge in [0.1, 0.15) is 11.4 Å². The molecule has 2 N–H and O–H groups in total. The topological polar surface area (TPSA) is 35.2 Å². The maximum absolute atomic E-state index is 6.38. The van der Waals surface area contributed by atoms with Gasteiger partial charge in [0.25, 0.3) is 0 Å². The fourth-order valence-electron chi connectivity index (χ4n) is 3.83. The zero-order chi connectivity index (χ0) is 14.3. The average Bonchev–Trinajstić information content (AvgIpc) is 2.40. The summed E-state index contributed by atoms with van der Waals surface area (Å²) in [5, 5.41) is 0.738. The summed E-state index contributed by atoms with van der Waals surface area (Å²) in [5.74, 6) is 2.55. The number of hydrogen-bond donors (Lipinski definition) is 1. The molecule has 1 atom stereocenters. The highest BCUT2D eigenvalue weighted by atomic mass is 35.5. The van der Waals surface area contributed by atoms with E-state index in [4.69, 9.17) is 22.1 Å². The van der Waals surface area contributed by atoms with Crippen LogP contribution in [0.25, 0.3) is 0 Å². The first-order chi connectivity index (χ1) is 9.49. The standard InChI is InChI=1S/C17H24ClNO/c1-11(2)12-5-7-17(8-6-12)10-15(19)14-9-13(18)3-4-16(14)20-17/h3-4,9,11-12,15H,5-8,10,19H2,1-2H3/t12?,15-,17?/m1/s1. The normalized spacial score (nSPS) is 33.0. The molecule has 1 heterocycles. The van der Waals surface area contributed by atoms with Crippen LogP contribution in [0.2, 0.25) is 5.02 Å². The molecule has 2 aliphatic rings. The lowest BCUT2D eigenvalue weighted by Crippen LogP contribution is -2.46. The molecule has 1 spiro atoms. The van der Waals surface area contributed by atoms with Crippen LogP contribution in [-0.2, 0) is 0 Å². The Bertz CT molecular complexity index is 492. The van der Waals surface area contributed by atoms with Gasteiger partial charge in [-0.2, -0.15) is 0 Å². The second-order valence-electron chi connectivity index (χ2n) is 6.86. The molecule has 110 valence electrons. The van der Waals surface area contributed by atoms with Crippen molar-refractivity contribution < 1.29 is 4.74 Å². The Hall–Kier alpha value is -0.730. The Kier molecular flexibility index (Phi) is 3.72. The summed E-state index contributed by atoms with van der Waals surface area (Å²) in [6.07, 6.45) is 5.70. The predicted molar refractivity (Wildman–Crippen MR) is 83.2 cm³/mol. The van der Waals surface area contributed by atoms with Crippen molar-refractivity contribution in [2.45, 2.75) is 57.6 Å². The molecule has 0 radical (unpaired) electrons. The molecule has 1 saturated carbocycles. The molecule has 3 heteroatoms. The van der Waals surface area contributed by atoms with Crippen LogP contribution in [0, 0.1) is 11.8 Å². The van der Waals surface area contributed by atoms with Crippen molar-refractivity contribution in [2.24, 2.45) is 17.6 Å². The second-order valence-corrected chi connectivity index (χ2v) is 7.30. The van der Waals surface area contributed by atoms with Crippen LogP contribution in [0.15, 0.2) is 18.2 Å². The maximum Gasteiger partial charge on any atom is 0.125 e. The number of nitrogens with two attached hydrogens (primary N) is 1. The monoisotopic (exact) mass is 293 g/mol. The van der Waals surface area contributed by atoms with Gasteiger partial charge in [-0.3, -0.25) is 0 Å². The molecular formula is C17H24ClNO. The van der Waals surface area contributed by atoms with Crippen molar-refractivity contribution in [3.63, 3.8) is 0 Å². The average molecular weight is 294 g/mol. The number of fused-ring (bicyclic) bond motifs is 1. The number of ether oxygens (including phenoxy) is 1. The molecule has 1 aromatic rings. The minimum Gasteiger partial charge on any atom is -0.487 e. The SMILES string of the molecule is CC(C)C1CCC2(CC1)C[C@@H](N)c1cc(Cl)ccc1O2. The van der Waals surface area contributed by atoms with Crippen LogP contribution in [-0.4, -0.2) is 5.60 Å². The largest absolute Gasteiger partial charge is 0.487 e. The number of hydrogen-bond acceptors (Lipinski definition) is 2.